The highest BCUT2D eigenvalue weighted by Gasteiger charge is 2.51. The summed E-state index contributed by atoms with van der Waals surface area (Å²) in [6, 6.07) is -0.400. The third kappa shape index (κ3) is 3.38. The second kappa shape index (κ2) is 6.85. The molecule has 6 nitrogen and oxygen atoms in total. The number of carbonyl (C=O) groups is 1. The SMILES string of the molecule is Cn1c(C(F)(F)F)nn(C2CCN(C(=O)CC34CC5CC(CC(C5)C3)C4)CC2)c1=O. The molecule has 2 heterocycles. The molecule has 0 N–H and O–H groups in total. The van der Waals surface area contributed by atoms with Crippen LogP contribution in [0.15, 0.2) is 4.79 Å². The molecule has 9 heteroatoms. The summed E-state index contributed by atoms with van der Waals surface area (Å²) in [7, 11) is 1.10. The van der Waals surface area contributed by atoms with E-state index in [1.807, 2.05) is 4.90 Å². The Hall–Kier alpha value is -1.80. The van der Waals surface area contributed by atoms with E-state index in [4.69, 9.17) is 0 Å². The van der Waals surface area contributed by atoms with Crippen LogP contribution in [0.4, 0.5) is 13.2 Å². The summed E-state index contributed by atoms with van der Waals surface area (Å²) in [6.07, 6.45) is 4.46. The van der Waals surface area contributed by atoms with E-state index in [2.05, 4.69) is 5.10 Å². The van der Waals surface area contributed by atoms with Crippen molar-refractivity contribution in [2.45, 2.75) is 70.0 Å². The Balaban J connectivity index is 1.23. The van der Waals surface area contributed by atoms with E-state index in [1.165, 1.54) is 38.5 Å². The second-order valence-corrected chi connectivity index (χ2v) is 10.3. The van der Waals surface area contributed by atoms with Crippen LogP contribution in [0.5, 0.6) is 0 Å². The molecule has 5 aliphatic rings. The molecule has 4 aliphatic carbocycles. The van der Waals surface area contributed by atoms with Crippen LogP contribution in [0.3, 0.4) is 0 Å². The first-order chi connectivity index (χ1) is 14.1. The number of halogens is 3. The predicted molar refractivity (Wildman–Crippen MR) is 103 cm³/mol. The van der Waals surface area contributed by atoms with Crippen LogP contribution in [-0.2, 0) is 18.0 Å². The van der Waals surface area contributed by atoms with E-state index < -0.39 is 23.7 Å². The Labute approximate surface area is 173 Å². The zero-order valence-electron chi connectivity index (χ0n) is 17.3. The smallest absolute Gasteiger partial charge is 0.343 e. The molecule has 1 aliphatic heterocycles. The average molecular weight is 426 g/mol. The molecule has 0 atom stereocenters. The van der Waals surface area contributed by atoms with E-state index in [1.54, 1.807) is 0 Å². The summed E-state index contributed by atoms with van der Waals surface area (Å²) < 4.78 is 40.7. The molecule has 30 heavy (non-hydrogen) atoms. The summed E-state index contributed by atoms with van der Waals surface area (Å²) in [5.74, 6) is 1.41. The predicted octanol–water partition coefficient (Wildman–Crippen LogP) is 3.37. The largest absolute Gasteiger partial charge is 0.451 e. The van der Waals surface area contributed by atoms with E-state index in [0.29, 0.717) is 36.9 Å². The molecule has 0 unspecified atom stereocenters. The molecule has 1 saturated heterocycles. The van der Waals surface area contributed by atoms with Crippen molar-refractivity contribution in [3.05, 3.63) is 16.3 Å². The Morgan fingerprint density at radius 3 is 2.07 bits per heavy atom. The van der Waals surface area contributed by atoms with Crippen LogP contribution in [0.2, 0.25) is 0 Å². The van der Waals surface area contributed by atoms with Gasteiger partial charge in [-0.3, -0.25) is 9.36 Å². The van der Waals surface area contributed by atoms with E-state index in [9.17, 15) is 22.8 Å². The standard InChI is InChI=1S/C21H29F3N4O2/c1-26-18(21(22,23)24)25-28(19(26)30)16-2-4-27(5-3-16)17(29)12-20-9-13-6-14(10-20)8-15(7-13)11-20/h13-16H,2-12H2,1H3. The summed E-state index contributed by atoms with van der Waals surface area (Å²) in [6.45, 7) is 0.945. The zero-order chi connectivity index (χ0) is 21.3. The van der Waals surface area contributed by atoms with Crippen molar-refractivity contribution >= 4 is 5.91 Å². The molecule has 6 rings (SSSR count). The summed E-state index contributed by atoms with van der Waals surface area (Å²) >= 11 is 0. The molecule has 0 aromatic carbocycles. The van der Waals surface area contributed by atoms with Crippen LogP contribution in [-0.4, -0.2) is 38.2 Å². The highest BCUT2D eigenvalue weighted by Crippen LogP contribution is 2.61. The van der Waals surface area contributed by atoms with Gasteiger partial charge in [0.2, 0.25) is 11.7 Å². The molecule has 1 aromatic rings. The quantitative estimate of drug-likeness (QED) is 0.745. The molecule has 1 aromatic heterocycles. The molecule has 4 saturated carbocycles. The van der Waals surface area contributed by atoms with Gasteiger partial charge in [0.1, 0.15) is 0 Å². The minimum Gasteiger partial charge on any atom is -0.343 e. The van der Waals surface area contributed by atoms with Crippen molar-refractivity contribution in [1.82, 2.24) is 19.2 Å². The van der Waals surface area contributed by atoms with Crippen molar-refractivity contribution in [2.24, 2.45) is 30.2 Å². The Bertz CT molecular complexity index is 860. The lowest BCUT2D eigenvalue weighted by molar-refractivity contribution is -0.147. The number of hydrogen-bond acceptors (Lipinski definition) is 3. The first-order valence-corrected chi connectivity index (χ1v) is 11.1. The molecule has 0 radical (unpaired) electrons. The van der Waals surface area contributed by atoms with Gasteiger partial charge < -0.3 is 4.90 Å². The van der Waals surface area contributed by atoms with Gasteiger partial charge in [-0.15, -0.1) is 5.10 Å². The lowest BCUT2D eigenvalue weighted by Crippen LogP contribution is -2.49. The number of rotatable bonds is 3. The summed E-state index contributed by atoms with van der Waals surface area (Å²) in [4.78, 5) is 27.2. The fraction of sp³-hybridized carbons (Fsp3) is 0.857. The molecule has 166 valence electrons. The van der Waals surface area contributed by atoms with Crippen LogP contribution < -0.4 is 5.69 Å². The van der Waals surface area contributed by atoms with Crippen molar-refractivity contribution in [2.75, 3.05) is 13.1 Å². The van der Waals surface area contributed by atoms with Gasteiger partial charge in [0.15, 0.2) is 0 Å². The Morgan fingerprint density at radius 2 is 1.60 bits per heavy atom. The Kier molecular flexibility index (Phi) is 4.60. The van der Waals surface area contributed by atoms with E-state index in [-0.39, 0.29) is 11.3 Å². The molecular formula is C21H29F3N4O2. The van der Waals surface area contributed by atoms with Crippen molar-refractivity contribution < 1.29 is 18.0 Å². The van der Waals surface area contributed by atoms with Crippen molar-refractivity contribution in [3.8, 4) is 0 Å². The molecule has 1 amide bonds. The number of carbonyl (C=O) groups excluding carboxylic acids is 1. The van der Waals surface area contributed by atoms with Crippen molar-refractivity contribution in [3.63, 3.8) is 0 Å². The minimum absolute atomic E-state index is 0.180. The van der Waals surface area contributed by atoms with Crippen LogP contribution in [0, 0.1) is 23.2 Å². The first kappa shape index (κ1) is 20.1. The third-order valence-electron chi connectivity index (χ3n) is 8.11. The second-order valence-electron chi connectivity index (χ2n) is 10.3. The number of nitrogens with zero attached hydrogens (tertiary/aromatic N) is 4. The third-order valence-corrected chi connectivity index (χ3v) is 8.11. The van der Waals surface area contributed by atoms with Gasteiger partial charge in [0.25, 0.3) is 0 Å². The van der Waals surface area contributed by atoms with Gasteiger partial charge >= 0.3 is 11.9 Å². The maximum atomic E-state index is 13.1. The number of amides is 1. The Morgan fingerprint density at radius 1 is 1.07 bits per heavy atom. The van der Waals surface area contributed by atoms with Gasteiger partial charge in [0.05, 0.1) is 6.04 Å². The number of hydrogen-bond donors (Lipinski definition) is 0. The van der Waals surface area contributed by atoms with E-state index >= 15 is 0 Å². The summed E-state index contributed by atoms with van der Waals surface area (Å²) in [5.41, 5.74) is -0.567. The maximum absolute atomic E-state index is 13.1. The lowest BCUT2D eigenvalue weighted by Gasteiger charge is -2.57. The maximum Gasteiger partial charge on any atom is 0.451 e. The lowest BCUT2D eigenvalue weighted by atomic mass is 9.49. The number of aromatic nitrogens is 3. The van der Waals surface area contributed by atoms with Gasteiger partial charge in [-0.05, 0) is 74.5 Å². The fourth-order valence-corrected chi connectivity index (χ4v) is 7.24. The zero-order valence-corrected chi connectivity index (χ0v) is 17.3. The molecule has 4 bridgehead atoms. The molecule has 0 spiro atoms. The fourth-order valence-electron chi connectivity index (χ4n) is 7.24. The topological polar surface area (TPSA) is 60.1 Å². The van der Waals surface area contributed by atoms with Gasteiger partial charge in [-0.2, -0.15) is 13.2 Å². The highest BCUT2D eigenvalue weighted by molar-refractivity contribution is 5.77. The van der Waals surface area contributed by atoms with E-state index in [0.717, 1.165) is 29.5 Å². The van der Waals surface area contributed by atoms with Crippen molar-refractivity contribution in [1.29, 1.82) is 0 Å². The van der Waals surface area contributed by atoms with Gasteiger partial charge in [-0.1, -0.05) is 0 Å². The number of likely N-dealkylation sites (tertiary alicyclic amines) is 1. The van der Waals surface area contributed by atoms with Crippen LogP contribution in [0.1, 0.15) is 69.7 Å². The highest BCUT2D eigenvalue weighted by atomic mass is 19.4. The average Bonchev–Trinajstić information content (AvgIpc) is 2.96. The number of piperidine rings is 1. The van der Waals surface area contributed by atoms with Crippen LogP contribution in [0.25, 0.3) is 0 Å². The monoisotopic (exact) mass is 426 g/mol. The van der Waals surface area contributed by atoms with Gasteiger partial charge in [0, 0.05) is 26.6 Å². The summed E-state index contributed by atoms with van der Waals surface area (Å²) in [5, 5.41) is 3.56. The normalized spacial score (nSPS) is 34.0. The molecular weight excluding hydrogens is 397 g/mol. The van der Waals surface area contributed by atoms with Gasteiger partial charge in [-0.25, -0.2) is 9.48 Å². The minimum atomic E-state index is -4.66. The first-order valence-electron chi connectivity index (χ1n) is 11.1. The number of alkyl halides is 3. The van der Waals surface area contributed by atoms with Crippen LogP contribution >= 0.6 is 0 Å². The molecule has 5 fully saturated rings.